The molecule has 0 aliphatic carbocycles. The van der Waals surface area contributed by atoms with Crippen LogP contribution in [0.2, 0.25) is 0 Å². The number of amides is 2. The van der Waals surface area contributed by atoms with Gasteiger partial charge in [0.1, 0.15) is 11.5 Å². The average molecular weight is 609 g/mol. The Hall–Kier alpha value is -4.62. The van der Waals surface area contributed by atoms with Crippen LogP contribution in [0, 0.1) is 27.7 Å². The lowest BCUT2D eigenvalue weighted by Gasteiger charge is -2.28. The third-order valence-electron chi connectivity index (χ3n) is 7.84. The number of carbonyl (C=O) groups is 2. The van der Waals surface area contributed by atoms with Gasteiger partial charge in [-0.2, -0.15) is 0 Å². The monoisotopic (exact) mass is 608 g/mol. The van der Waals surface area contributed by atoms with Crippen LogP contribution in [0.5, 0.6) is 11.5 Å². The number of aliphatic hydroxyl groups is 1. The summed E-state index contributed by atoms with van der Waals surface area (Å²) >= 11 is 0. The summed E-state index contributed by atoms with van der Waals surface area (Å²) in [5.74, 6) is 0.766. The van der Waals surface area contributed by atoms with E-state index < -0.39 is 18.2 Å². The van der Waals surface area contributed by atoms with Gasteiger partial charge in [-0.1, -0.05) is 97.1 Å². The van der Waals surface area contributed by atoms with E-state index >= 15 is 0 Å². The molecule has 0 saturated carbocycles. The Morgan fingerprint density at radius 2 is 1.02 bits per heavy atom. The van der Waals surface area contributed by atoms with E-state index in [1.807, 2.05) is 125 Å². The lowest BCUT2D eigenvalue weighted by atomic mass is 9.93. The lowest BCUT2D eigenvalue weighted by molar-refractivity contribution is -0.126. The maximum atomic E-state index is 13.1. The molecule has 0 spiro atoms. The van der Waals surface area contributed by atoms with Crippen molar-refractivity contribution in [1.29, 1.82) is 0 Å². The zero-order chi connectivity index (χ0) is 32.2. The molecule has 0 saturated heterocycles. The summed E-state index contributed by atoms with van der Waals surface area (Å²) in [4.78, 5) is 26.3. The summed E-state index contributed by atoms with van der Waals surface area (Å²) < 4.78 is 11.8. The van der Waals surface area contributed by atoms with Crippen LogP contribution in [0.15, 0.2) is 97.1 Å². The fourth-order valence-electron chi connectivity index (χ4n) is 5.55. The number of aliphatic hydroxyl groups excluding tert-OH is 1. The molecular weight excluding hydrogens is 564 g/mol. The number of aryl methyl sites for hydroxylation is 4. The van der Waals surface area contributed by atoms with E-state index in [2.05, 4.69) is 10.6 Å². The molecule has 7 heteroatoms. The van der Waals surface area contributed by atoms with Crippen LogP contribution in [0.25, 0.3) is 0 Å². The fraction of sp³-hybridized carbons (Fsp3) is 0.316. The second-order valence-corrected chi connectivity index (χ2v) is 11.6. The molecule has 0 bridgehead atoms. The Labute approximate surface area is 266 Å². The average Bonchev–Trinajstić information content (AvgIpc) is 3.01. The maximum Gasteiger partial charge on any atom is 0.258 e. The topological polar surface area (TPSA) is 96.9 Å². The van der Waals surface area contributed by atoms with Crippen molar-refractivity contribution < 1.29 is 24.2 Å². The molecule has 0 radical (unpaired) electrons. The Morgan fingerprint density at radius 1 is 0.600 bits per heavy atom. The van der Waals surface area contributed by atoms with Crippen molar-refractivity contribution in [3.8, 4) is 11.5 Å². The number of carbonyl (C=O) groups excluding carboxylic acids is 2. The molecule has 0 aliphatic rings. The Balaban J connectivity index is 1.46. The van der Waals surface area contributed by atoms with E-state index in [1.165, 1.54) is 0 Å². The summed E-state index contributed by atoms with van der Waals surface area (Å²) in [6, 6.07) is 30.2. The van der Waals surface area contributed by atoms with Crippen molar-refractivity contribution in [2.75, 3.05) is 13.2 Å². The normalized spacial score (nSPS) is 12.9. The van der Waals surface area contributed by atoms with E-state index in [1.54, 1.807) is 0 Å². The first-order valence-electron chi connectivity index (χ1n) is 15.4. The van der Waals surface area contributed by atoms with Gasteiger partial charge in [-0.05, 0) is 80.3 Å². The molecule has 4 aromatic rings. The molecule has 0 heterocycles. The molecule has 0 aromatic heterocycles. The third-order valence-corrected chi connectivity index (χ3v) is 7.84. The first-order valence-corrected chi connectivity index (χ1v) is 15.4. The van der Waals surface area contributed by atoms with Crippen molar-refractivity contribution in [3.05, 3.63) is 130 Å². The van der Waals surface area contributed by atoms with Crippen molar-refractivity contribution in [2.24, 2.45) is 0 Å². The predicted molar refractivity (Wildman–Crippen MR) is 178 cm³/mol. The minimum absolute atomic E-state index is 0.146. The highest BCUT2D eigenvalue weighted by molar-refractivity contribution is 5.78. The van der Waals surface area contributed by atoms with Crippen molar-refractivity contribution >= 4 is 11.8 Å². The summed E-state index contributed by atoms with van der Waals surface area (Å²) in [7, 11) is 0. The molecule has 3 N–H and O–H groups in total. The van der Waals surface area contributed by atoms with Crippen LogP contribution in [0.1, 0.15) is 39.8 Å². The van der Waals surface area contributed by atoms with Crippen LogP contribution < -0.4 is 20.1 Å². The van der Waals surface area contributed by atoms with Gasteiger partial charge in [-0.15, -0.1) is 0 Å². The second-order valence-electron chi connectivity index (χ2n) is 11.6. The van der Waals surface area contributed by atoms with E-state index in [-0.39, 0.29) is 31.4 Å². The minimum Gasteiger partial charge on any atom is -0.483 e. The third kappa shape index (κ3) is 10.2. The second kappa shape index (κ2) is 16.5. The number of nitrogens with one attached hydrogen (secondary N) is 2. The van der Waals surface area contributed by atoms with Gasteiger partial charge in [0.25, 0.3) is 11.8 Å². The summed E-state index contributed by atoms with van der Waals surface area (Å²) in [6.45, 7) is 7.45. The number of ether oxygens (including phenoxy) is 2. The molecule has 4 aromatic carbocycles. The van der Waals surface area contributed by atoms with Crippen LogP contribution in [-0.4, -0.2) is 48.3 Å². The Kier molecular flexibility index (Phi) is 12.2. The number of para-hydroxylation sites is 2. The molecule has 2 amide bonds. The number of rotatable bonds is 15. The zero-order valence-corrected chi connectivity index (χ0v) is 26.6. The minimum atomic E-state index is -0.956. The van der Waals surface area contributed by atoms with Crippen LogP contribution in [0.4, 0.5) is 0 Å². The largest absolute Gasteiger partial charge is 0.483 e. The number of hydrogen-bond acceptors (Lipinski definition) is 5. The predicted octanol–water partition coefficient (Wildman–Crippen LogP) is 5.58. The van der Waals surface area contributed by atoms with E-state index in [9.17, 15) is 14.7 Å². The van der Waals surface area contributed by atoms with Gasteiger partial charge in [0.05, 0.1) is 12.1 Å². The molecule has 4 rings (SSSR count). The lowest BCUT2D eigenvalue weighted by Crippen LogP contribution is -2.50. The van der Waals surface area contributed by atoms with Gasteiger partial charge in [0.2, 0.25) is 0 Å². The van der Waals surface area contributed by atoms with Gasteiger partial charge in [-0.25, -0.2) is 0 Å². The van der Waals surface area contributed by atoms with Crippen LogP contribution in [0.3, 0.4) is 0 Å². The molecular formula is C38H44N2O5. The molecule has 7 nitrogen and oxygen atoms in total. The fourth-order valence-corrected chi connectivity index (χ4v) is 5.55. The van der Waals surface area contributed by atoms with E-state index in [4.69, 9.17) is 9.47 Å². The highest BCUT2D eigenvalue weighted by Gasteiger charge is 2.27. The quantitative estimate of drug-likeness (QED) is 0.164. The summed E-state index contributed by atoms with van der Waals surface area (Å²) in [5.41, 5.74) is 5.81. The summed E-state index contributed by atoms with van der Waals surface area (Å²) in [5, 5.41) is 17.7. The smallest absolute Gasteiger partial charge is 0.258 e. The van der Waals surface area contributed by atoms with Crippen molar-refractivity contribution in [1.82, 2.24) is 10.6 Å². The molecule has 0 fully saturated rings. The first kappa shape index (κ1) is 33.3. The SMILES string of the molecule is Cc1cccc(C)c1OCC(=O)N[C@@H](Cc1ccccc1)C[C@@H](O)[C@H](Cc1ccccc1)NC(=O)COc1c(C)cccc1C. The van der Waals surface area contributed by atoms with Gasteiger partial charge < -0.3 is 25.2 Å². The number of benzene rings is 4. The van der Waals surface area contributed by atoms with Crippen LogP contribution >= 0.6 is 0 Å². The molecule has 0 unspecified atom stereocenters. The Bertz CT molecular complexity index is 1500. The molecule has 3 atom stereocenters. The van der Waals surface area contributed by atoms with E-state index in [0.29, 0.717) is 24.3 Å². The van der Waals surface area contributed by atoms with Gasteiger partial charge in [0.15, 0.2) is 13.2 Å². The van der Waals surface area contributed by atoms with Crippen LogP contribution in [-0.2, 0) is 22.4 Å². The standard InChI is InChI=1S/C38H44N2O5/c1-26-13-11-14-27(2)37(26)44-24-35(42)39-32(21-30-17-7-5-8-18-30)23-34(41)33(22-31-19-9-6-10-20-31)40-36(43)25-45-38-28(3)15-12-16-29(38)4/h5-20,32-34,41H,21-25H2,1-4H3,(H,39,42)(H,40,43)/t32-,33-,34+/m0/s1. The molecule has 236 valence electrons. The Morgan fingerprint density at radius 3 is 1.49 bits per heavy atom. The number of hydrogen-bond donors (Lipinski definition) is 3. The van der Waals surface area contributed by atoms with Gasteiger partial charge in [-0.3, -0.25) is 9.59 Å². The molecule has 45 heavy (non-hydrogen) atoms. The summed E-state index contributed by atoms with van der Waals surface area (Å²) in [6.07, 6.45) is 0.190. The molecule has 0 aliphatic heterocycles. The zero-order valence-electron chi connectivity index (χ0n) is 26.6. The van der Waals surface area contributed by atoms with Gasteiger partial charge in [0, 0.05) is 6.04 Å². The van der Waals surface area contributed by atoms with E-state index in [0.717, 1.165) is 33.4 Å². The highest BCUT2D eigenvalue weighted by Crippen LogP contribution is 2.23. The van der Waals surface area contributed by atoms with Crippen molar-refractivity contribution in [3.63, 3.8) is 0 Å². The maximum absolute atomic E-state index is 13.1. The van der Waals surface area contributed by atoms with Crippen molar-refractivity contribution in [2.45, 2.75) is 65.1 Å². The first-order chi connectivity index (χ1) is 21.7. The van der Waals surface area contributed by atoms with Gasteiger partial charge >= 0.3 is 0 Å². The highest BCUT2D eigenvalue weighted by atomic mass is 16.5.